The van der Waals surface area contributed by atoms with Gasteiger partial charge in [0.1, 0.15) is 0 Å². The summed E-state index contributed by atoms with van der Waals surface area (Å²) in [4.78, 5) is 1.96. The molecule has 1 fully saturated rings. The molecule has 0 N–H and O–H groups in total. The summed E-state index contributed by atoms with van der Waals surface area (Å²) in [6, 6.07) is 9.56. The third kappa shape index (κ3) is 3.50. The van der Waals surface area contributed by atoms with Crippen molar-refractivity contribution in [2.75, 3.05) is 13.1 Å². The number of halogens is 2. The molecule has 0 amide bonds. The van der Waals surface area contributed by atoms with E-state index in [1.54, 1.807) is 0 Å². The average Bonchev–Trinajstić information content (AvgIpc) is 2.38. The number of piperidine rings is 1. The highest BCUT2D eigenvalue weighted by Gasteiger charge is 2.29. The largest absolute Gasteiger partial charge is 0.295 e. The van der Waals surface area contributed by atoms with Crippen LogP contribution < -0.4 is 0 Å². The second kappa shape index (κ2) is 6.10. The molecule has 1 saturated heterocycles. The molecule has 0 bridgehead atoms. The number of likely N-dealkylation sites (tertiary alicyclic amines) is 1. The summed E-state index contributed by atoms with van der Waals surface area (Å²) < 4.78 is 25.7. The van der Waals surface area contributed by atoms with Gasteiger partial charge in [-0.15, -0.1) is 0 Å². The molecular weight excluding hydrogens is 220 g/mol. The first-order valence-corrected chi connectivity index (χ1v) is 6.33. The molecular formula is C14H19F2N. The second-order valence-electron chi connectivity index (χ2n) is 4.67. The Morgan fingerprint density at radius 2 is 1.94 bits per heavy atom. The van der Waals surface area contributed by atoms with Crippen LogP contribution in [0.25, 0.3) is 0 Å². The zero-order valence-corrected chi connectivity index (χ0v) is 9.99. The Morgan fingerprint density at radius 3 is 2.65 bits per heavy atom. The minimum atomic E-state index is -2.20. The lowest BCUT2D eigenvalue weighted by molar-refractivity contribution is 0.00500. The van der Waals surface area contributed by atoms with E-state index in [1.807, 2.05) is 23.1 Å². The Bertz CT molecular complexity index is 326. The molecule has 94 valence electrons. The molecule has 3 heteroatoms. The maximum atomic E-state index is 12.9. The van der Waals surface area contributed by atoms with E-state index >= 15 is 0 Å². The van der Waals surface area contributed by atoms with Gasteiger partial charge in [0.15, 0.2) is 0 Å². The van der Waals surface area contributed by atoms with Gasteiger partial charge in [-0.25, -0.2) is 8.78 Å². The Labute approximate surface area is 101 Å². The molecule has 0 saturated carbocycles. The smallest absolute Gasteiger partial charge is 0.253 e. The first-order chi connectivity index (χ1) is 8.27. The summed E-state index contributed by atoms with van der Waals surface area (Å²) in [5, 5.41) is 0. The topological polar surface area (TPSA) is 3.24 Å². The molecule has 0 spiro atoms. The highest BCUT2D eigenvalue weighted by Crippen LogP contribution is 2.22. The van der Waals surface area contributed by atoms with Crippen molar-refractivity contribution in [2.45, 2.75) is 38.2 Å². The highest BCUT2D eigenvalue weighted by molar-refractivity contribution is 5.14. The lowest BCUT2D eigenvalue weighted by Gasteiger charge is -2.35. The molecule has 0 unspecified atom stereocenters. The molecule has 1 heterocycles. The fraction of sp³-hybridized carbons (Fsp3) is 0.571. The monoisotopic (exact) mass is 239 g/mol. The molecule has 1 atom stereocenters. The summed E-state index contributed by atoms with van der Waals surface area (Å²) in [6.07, 6.45) is 1.30. The standard InChI is InChI=1S/C14H19F2N/c15-14(16)13-8-4-5-10-17(13)11-9-12-6-2-1-3-7-12/h1-3,6-7,13-14H,4-5,8-11H2/t13-/m0/s1. The lowest BCUT2D eigenvalue weighted by Crippen LogP contribution is -2.44. The maximum absolute atomic E-state index is 12.9. The van der Waals surface area contributed by atoms with Crippen molar-refractivity contribution in [3.05, 3.63) is 35.9 Å². The molecule has 0 radical (unpaired) electrons. The van der Waals surface area contributed by atoms with Crippen LogP contribution in [-0.4, -0.2) is 30.5 Å². The minimum absolute atomic E-state index is 0.521. The molecule has 1 nitrogen and oxygen atoms in total. The summed E-state index contributed by atoms with van der Waals surface area (Å²) in [5.74, 6) is 0. The fourth-order valence-corrected chi connectivity index (χ4v) is 2.50. The summed E-state index contributed by atoms with van der Waals surface area (Å²) in [5.41, 5.74) is 1.23. The van der Waals surface area contributed by atoms with Crippen LogP contribution >= 0.6 is 0 Å². The maximum Gasteiger partial charge on any atom is 0.253 e. The predicted octanol–water partition coefficient (Wildman–Crippen LogP) is 3.35. The third-order valence-electron chi connectivity index (χ3n) is 3.49. The van der Waals surface area contributed by atoms with Crippen molar-refractivity contribution in [3.8, 4) is 0 Å². The van der Waals surface area contributed by atoms with E-state index in [2.05, 4.69) is 12.1 Å². The Balaban J connectivity index is 1.88. The molecule has 1 aliphatic heterocycles. The van der Waals surface area contributed by atoms with Gasteiger partial charge in [-0.05, 0) is 31.4 Å². The SMILES string of the molecule is FC(F)[C@@H]1CCCCN1CCc1ccccc1. The van der Waals surface area contributed by atoms with Crippen LogP contribution in [0.2, 0.25) is 0 Å². The van der Waals surface area contributed by atoms with Crippen molar-refractivity contribution in [1.29, 1.82) is 0 Å². The normalized spacial score (nSPS) is 21.9. The quantitative estimate of drug-likeness (QED) is 0.779. The van der Waals surface area contributed by atoms with Crippen LogP contribution in [0.4, 0.5) is 8.78 Å². The van der Waals surface area contributed by atoms with Gasteiger partial charge >= 0.3 is 0 Å². The number of nitrogens with zero attached hydrogens (tertiary/aromatic N) is 1. The van der Waals surface area contributed by atoms with E-state index in [0.29, 0.717) is 6.42 Å². The molecule has 2 rings (SSSR count). The zero-order valence-electron chi connectivity index (χ0n) is 9.99. The van der Waals surface area contributed by atoms with Gasteiger partial charge in [0.05, 0.1) is 6.04 Å². The number of hydrogen-bond acceptors (Lipinski definition) is 1. The first kappa shape index (κ1) is 12.5. The van der Waals surface area contributed by atoms with Gasteiger partial charge in [0.25, 0.3) is 6.43 Å². The second-order valence-corrected chi connectivity index (χ2v) is 4.67. The highest BCUT2D eigenvalue weighted by atomic mass is 19.3. The van der Waals surface area contributed by atoms with E-state index in [4.69, 9.17) is 0 Å². The van der Waals surface area contributed by atoms with Gasteiger partial charge in [-0.3, -0.25) is 4.90 Å². The van der Waals surface area contributed by atoms with Crippen LogP contribution in [0.15, 0.2) is 30.3 Å². The lowest BCUT2D eigenvalue weighted by atomic mass is 10.0. The van der Waals surface area contributed by atoms with Gasteiger partial charge in [0.2, 0.25) is 0 Å². The Hall–Kier alpha value is -0.960. The van der Waals surface area contributed by atoms with Crippen LogP contribution in [0.1, 0.15) is 24.8 Å². The van der Waals surface area contributed by atoms with E-state index in [0.717, 1.165) is 32.4 Å². The summed E-state index contributed by atoms with van der Waals surface area (Å²) >= 11 is 0. The van der Waals surface area contributed by atoms with Crippen LogP contribution in [0.3, 0.4) is 0 Å². The van der Waals surface area contributed by atoms with Crippen LogP contribution in [0.5, 0.6) is 0 Å². The van der Waals surface area contributed by atoms with Gasteiger partial charge in [0, 0.05) is 6.54 Å². The molecule has 1 aliphatic rings. The van der Waals surface area contributed by atoms with E-state index in [9.17, 15) is 8.78 Å². The molecule has 0 aromatic heterocycles. The average molecular weight is 239 g/mol. The Morgan fingerprint density at radius 1 is 1.18 bits per heavy atom. The van der Waals surface area contributed by atoms with E-state index in [-0.39, 0.29) is 0 Å². The third-order valence-corrected chi connectivity index (χ3v) is 3.49. The van der Waals surface area contributed by atoms with Gasteiger partial charge < -0.3 is 0 Å². The van der Waals surface area contributed by atoms with E-state index < -0.39 is 12.5 Å². The van der Waals surface area contributed by atoms with Crippen molar-refractivity contribution >= 4 is 0 Å². The number of hydrogen-bond donors (Lipinski definition) is 0. The van der Waals surface area contributed by atoms with Crippen molar-refractivity contribution < 1.29 is 8.78 Å². The van der Waals surface area contributed by atoms with Crippen molar-refractivity contribution in [3.63, 3.8) is 0 Å². The summed E-state index contributed by atoms with van der Waals surface area (Å²) in [7, 11) is 0. The van der Waals surface area contributed by atoms with Crippen molar-refractivity contribution in [2.24, 2.45) is 0 Å². The molecule has 17 heavy (non-hydrogen) atoms. The number of benzene rings is 1. The van der Waals surface area contributed by atoms with Gasteiger partial charge in [-0.1, -0.05) is 36.8 Å². The van der Waals surface area contributed by atoms with Crippen molar-refractivity contribution in [1.82, 2.24) is 4.90 Å². The van der Waals surface area contributed by atoms with Crippen LogP contribution in [-0.2, 0) is 6.42 Å². The first-order valence-electron chi connectivity index (χ1n) is 6.33. The number of rotatable bonds is 4. The van der Waals surface area contributed by atoms with Gasteiger partial charge in [-0.2, -0.15) is 0 Å². The Kier molecular flexibility index (Phi) is 4.49. The van der Waals surface area contributed by atoms with Crippen LogP contribution in [0, 0.1) is 0 Å². The minimum Gasteiger partial charge on any atom is -0.295 e. The van der Waals surface area contributed by atoms with E-state index in [1.165, 1.54) is 5.56 Å². The fourth-order valence-electron chi connectivity index (χ4n) is 2.50. The zero-order chi connectivity index (χ0) is 12.1. The molecule has 1 aromatic rings. The molecule has 1 aromatic carbocycles. The predicted molar refractivity (Wildman–Crippen MR) is 65.4 cm³/mol. The summed E-state index contributed by atoms with van der Waals surface area (Å²) in [6.45, 7) is 1.57. The number of alkyl halides is 2. The molecule has 0 aliphatic carbocycles.